The summed E-state index contributed by atoms with van der Waals surface area (Å²) in [5, 5.41) is 9.02. The van der Waals surface area contributed by atoms with Crippen molar-refractivity contribution >= 4 is 39.3 Å². The first-order valence-electron chi connectivity index (χ1n) is 9.80. The van der Waals surface area contributed by atoms with Gasteiger partial charge in [-0.15, -0.1) is 10.2 Å². The van der Waals surface area contributed by atoms with E-state index in [2.05, 4.69) is 31.1 Å². The highest BCUT2D eigenvalue weighted by molar-refractivity contribution is 9.10. The number of fused-ring (bicyclic) bond motifs is 3. The highest BCUT2D eigenvalue weighted by atomic mass is 79.9. The minimum atomic E-state index is -0.813. The summed E-state index contributed by atoms with van der Waals surface area (Å²) in [6, 6.07) is 11.2. The number of rotatable bonds is 5. The van der Waals surface area contributed by atoms with Gasteiger partial charge in [-0.05, 0) is 40.4 Å². The number of halogens is 1. The van der Waals surface area contributed by atoms with Crippen molar-refractivity contribution in [1.82, 2.24) is 15.2 Å². The van der Waals surface area contributed by atoms with E-state index in [9.17, 15) is 4.79 Å². The first-order valence-corrected chi connectivity index (χ1v) is 11.8. The minimum Gasteiger partial charge on any atom is -0.493 e. The molecule has 0 saturated heterocycles. The van der Waals surface area contributed by atoms with Crippen LogP contribution in [-0.4, -0.2) is 41.6 Å². The third-order valence-electron chi connectivity index (χ3n) is 5.01. The summed E-state index contributed by atoms with van der Waals surface area (Å²) in [6.07, 6.45) is 1.34. The van der Waals surface area contributed by atoms with Crippen LogP contribution in [-0.2, 0) is 4.79 Å². The van der Waals surface area contributed by atoms with Crippen LogP contribution in [0.1, 0.15) is 25.1 Å². The Morgan fingerprint density at radius 1 is 1.22 bits per heavy atom. The molecule has 2 heterocycles. The number of anilines is 1. The van der Waals surface area contributed by atoms with E-state index in [1.54, 1.807) is 25.2 Å². The number of hydrogen-bond donors (Lipinski definition) is 0. The summed E-state index contributed by atoms with van der Waals surface area (Å²) in [5.74, 6) is 1.25. The van der Waals surface area contributed by atoms with Crippen LogP contribution in [0.3, 0.4) is 0 Å². The number of thioether (sulfide) groups is 1. The first-order chi connectivity index (χ1) is 15.5. The van der Waals surface area contributed by atoms with E-state index in [4.69, 9.17) is 14.2 Å². The van der Waals surface area contributed by atoms with Gasteiger partial charge in [-0.25, -0.2) is 0 Å². The fourth-order valence-electron chi connectivity index (χ4n) is 3.54. The Balaban J connectivity index is 1.99. The summed E-state index contributed by atoms with van der Waals surface area (Å²) in [4.78, 5) is 19.4. The van der Waals surface area contributed by atoms with Crippen molar-refractivity contribution < 1.29 is 19.0 Å². The molecule has 0 fully saturated rings. The fourth-order valence-corrected chi connectivity index (χ4v) is 4.46. The third-order valence-corrected chi connectivity index (χ3v) is 6.13. The van der Waals surface area contributed by atoms with Crippen molar-refractivity contribution in [3.8, 4) is 28.6 Å². The number of para-hydroxylation sites is 1. The van der Waals surface area contributed by atoms with Gasteiger partial charge < -0.3 is 14.2 Å². The fraction of sp³-hybridized carbons (Fsp3) is 0.273. The van der Waals surface area contributed by atoms with Crippen LogP contribution in [0.4, 0.5) is 5.69 Å². The average molecular weight is 517 g/mol. The zero-order valence-electron chi connectivity index (χ0n) is 18.0. The van der Waals surface area contributed by atoms with Gasteiger partial charge in [-0.2, -0.15) is 4.98 Å². The Morgan fingerprint density at radius 3 is 2.69 bits per heavy atom. The van der Waals surface area contributed by atoms with E-state index < -0.39 is 6.23 Å². The molecule has 0 spiro atoms. The number of amides is 1. The second-order valence-electron chi connectivity index (χ2n) is 6.80. The number of carbonyl (C=O) groups is 1. The maximum Gasteiger partial charge on any atom is 0.247 e. The van der Waals surface area contributed by atoms with E-state index in [1.807, 2.05) is 43.5 Å². The van der Waals surface area contributed by atoms with Crippen LogP contribution in [0.5, 0.6) is 17.4 Å². The van der Waals surface area contributed by atoms with E-state index in [0.717, 1.165) is 5.56 Å². The van der Waals surface area contributed by atoms with Gasteiger partial charge in [-0.1, -0.05) is 36.9 Å². The summed E-state index contributed by atoms with van der Waals surface area (Å²) < 4.78 is 18.0. The Labute approximate surface area is 198 Å². The maximum absolute atomic E-state index is 13.2. The van der Waals surface area contributed by atoms with Gasteiger partial charge in [0.25, 0.3) is 0 Å². The summed E-state index contributed by atoms with van der Waals surface area (Å²) in [6.45, 7) is 1.81. The number of hydrogen-bond acceptors (Lipinski definition) is 8. The Hall–Kier alpha value is -2.85. The second kappa shape index (κ2) is 9.33. The number of carbonyl (C=O) groups excluding carboxylic acids is 1. The van der Waals surface area contributed by atoms with Gasteiger partial charge in [0.05, 0.1) is 24.4 Å². The van der Waals surface area contributed by atoms with Crippen LogP contribution in [0, 0.1) is 0 Å². The van der Waals surface area contributed by atoms with E-state index in [1.165, 1.54) is 11.8 Å². The molecule has 1 atom stereocenters. The van der Waals surface area contributed by atoms with Crippen LogP contribution in [0.15, 0.2) is 46.0 Å². The van der Waals surface area contributed by atoms with Crippen molar-refractivity contribution in [3.05, 3.63) is 46.4 Å². The Bertz CT molecular complexity index is 1180. The average Bonchev–Trinajstić information content (AvgIpc) is 2.97. The van der Waals surface area contributed by atoms with Gasteiger partial charge in [0.1, 0.15) is 0 Å². The first kappa shape index (κ1) is 22.3. The number of ether oxygens (including phenoxy) is 3. The number of aromatic nitrogens is 3. The van der Waals surface area contributed by atoms with E-state index >= 15 is 0 Å². The molecule has 1 amide bonds. The molecule has 10 heteroatoms. The summed E-state index contributed by atoms with van der Waals surface area (Å²) in [7, 11) is 3.12. The molecule has 1 aliphatic heterocycles. The normalized spacial score (nSPS) is 14.7. The molecule has 0 bridgehead atoms. The number of nitrogens with zero attached hydrogens (tertiary/aromatic N) is 4. The molecule has 1 aromatic heterocycles. The van der Waals surface area contributed by atoms with Crippen molar-refractivity contribution in [2.45, 2.75) is 24.7 Å². The lowest BCUT2D eigenvalue weighted by Crippen LogP contribution is -2.37. The Kier molecular flexibility index (Phi) is 6.52. The SMILES string of the molecule is CCC(=O)N1c2ccccc2-c2nnc(SC)nc2O[C@@H]1c1cc(Br)c(OC)c(OC)c1. The lowest BCUT2D eigenvalue weighted by atomic mass is 10.1. The molecule has 0 aliphatic carbocycles. The maximum atomic E-state index is 13.2. The van der Waals surface area contributed by atoms with Gasteiger partial charge >= 0.3 is 0 Å². The molecule has 0 radical (unpaired) electrons. The topological polar surface area (TPSA) is 86.7 Å². The summed E-state index contributed by atoms with van der Waals surface area (Å²) >= 11 is 4.90. The van der Waals surface area contributed by atoms with Crippen LogP contribution >= 0.6 is 27.7 Å². The smallest absolute Gasteiger partial charge is 0.247 e. The lowest BCUT2D eigenvalue weighted by Gasteiger charge is -2.31. The molecule has 0 unspecified atom stereocenters. The van der Waals surface area contributed by atoms with Crippen molar-refractivity contribution in [2.75, 3.05) is 25.4 Å². The molecule has 166 valence electrons. The van der Waals surface area contributed by atoms with Crippen molar-refractivity contribution in [2.24, 2.45) is 0 Å². The highest BCUT2D eigenvalue weighted by Crippen LogP contribution is 2.46. The molecule has 32 heavy (non-hydrogen) atoms. The van der Waals surface area contributed by atoms with E-state index in [0.29, 0.717) is 44.0 Å². The second-order valence-corrected chi connectivity index (χ2v) is 8.42. The quantitative estimate of drug-likeness (QED) is 0.443. The molecule has 1 aliphatic rings. The largest absolute Gasteiger partial charge is 0.493 e. The van der Waals surface area contributed by atoms with Crippen LogP contribution in [0.25, 0.3) is 11.3 Å². The van der Waals surface area contributed by atoms with Gasteiger partial charge in [0.15, 0.2) is 17.2 Å². The monoisotopic (exact) mass is 516 g/mol. The molecule has 8 nitrogen and oxygen atoms in total. The molecule has 2 aromatic carbocycles. The third kappa shape index (κ3) is 3.88. The van der Waals surface area contributed by atoms with Crippen LogP contribution in [0.2, 0.25) is 0 Å². The molecule has 0 N–H and O–H groups in total. The zero-order chi connectivity index (χ0) is 22.8. The molecule has 3 aromatic rings. The predicted molar refractivity (Wildman–Crippen MR) is 125 cm³/mol. The summed E-state index contributed by atoms with van der Waals surface area (Å²) in [5.41, 5.74) is 2.55. The van der Waals surface area contributed by atoms with Gasteiger partial charge in [-0.3, -0.25) is 9.69 Å². The molecular weight excluding hydrogens is 496 g/mol. The predicted octanol–water partition coefficient (Wildman–Crippen LogP) is 4.87. The lowest BCUT2D eigenvalue weighted by molar-refractivity contribution is -0.120. The van der Waals surface area contributed by atoms with E-state index in [-0.39, 0.29) is 12.3 Å². The molecule has 0 saturated carbocycles. The van der Waals surface area contributed by atoms with Crippen molar-refractivity contribution in [3.63, 3.8) is 0 Å². The van der Waals surface area contributed by atoms with Crippen molar-refractivity contribution in [1.29, 1.82) is 0 Å². The Morgan fingerprint density at radius 2 is 2.00 bits per heavy atom. The van der Waals surface area contributed by atoms with Gasteiger partial charge in [0.2, 0.25) is 23.2 Å². The molecule has 4 rings (SSSR count). The standard InChI is InChI=1S/C22H21BrN4O4S/c1-5-17(28)27-15-9-7-6-8-13(15)18-20(24-22(32-4)26-25-18)31-21(27)12-10-14(23)19(30-3)16(11-12)29-2/h6-11,21H,5H2,1-4H3/t21-/m1/s1. The number of methoxy groups -OCH3 is 2. The van der Waals surface area contributed by atoms with Gasteiger partial charge in [0, 0.05) is 17.5 Å². The highest BCUT2D eigenvalue weighted by Gasteiger charge is 2.36. The minimum absolute atomic E-state index is 0.112. The molecular formula is C22H21BrN4O4S. The number of benzene rings is 2. The van der Waals surface area contributed by atoms with Crippen LogP contribution < -0.4 is 19.1 Å². The zero-order valence-corrected chi connectivity index (χ0v) is 20.4.